The first-order valence-electron chi connectivity index (χ1n) is 6.95. The van der Waals surface area contributed by atoms with Gasteiger partial charge in [0.15, 0.2) is 0 Å². The lowest BCUT2D eigenvalue weighted by Crippen LogP contribution is -2.25. The van der Waals surface area contributed by atoms with Crippen molar-refractivity contribution in [3.8, 4) is 0 Å². The van der Waals surface area contributed by atoms with Gasteiger partial charge in [0.05, 0.1) is 11.1 Å². The molecule has 0 aliphatic rings. The fraction of sp³-hybridized carbons (Fsp3) is 0.188. The molecule has 0 bridgehead atoms. The molecule has 1 aromatic carbocycles. The fourth-order valence-corrected chi connectivity index (χ4v) is 2.28. The Labute approximate surface area is 122 Å². The van der Waals surface area contributed by atoms with Crippen molar-refractivity contribution in [2.24, 2.45) is 0 Å². The molecule has 2 heterocycles. The van der Waals surface area contributed by atoms with Crippen molar-refractivity contribution in [3.63, 3.8) is 0 Å². The number of carbonyl (C=O) groups is 1. The number of aryl methyl sites for hydroxylation is 1. The van der Waals surface area contributed by atoms with Crippen LogP contribution in [-0.4, -0.2) is 27.4 Å². The van der Waals surface area contributed by atoms with Gasteiger partial charge in [0.25, 0.3) is 5.91 Å². The van der Waals surface area contributed by atoms with Gasteiger partial charge >= 0.3 is 0 Å². The maximum absolute atomic E-state index is 12.2. The summed E-state index contributed by atoms with van der Waals surface area (Å²) in [4.78, 5) is 23.7. The van der Waals surface area contributed by atoms with E-state index in [0.717, 1.165) is 29.6 Å². The Hall–Kier alpha value is -2.69. The third-order valence-corrected chi connectivity index (χ3v) is 3.31. The van der Waals surface area contributed by atoms with E-state index in [1.54, 1.807) is 24.7 Å². The Balaban J connectivity index is 1.62. The van der Waals surface area contributed by atoms with E-state index in [1.807, 2.05) is 24.3 Å². The quantitative estimate of drug-likeness (QED) is 0.705. The van der Waals surface area contributed by atoms with Crippen molar-refractivity contribution in [1.82, 2.24) is 20.3 Å². The zero-order chi connectivity index (χ0) is 14.5. The fourth-order valence-electron chi connectivity index (χ4n) is 2.28. The lowest BCUT2D eigenvalue weighted by atomic mass is 10.1. The van der Waals surface area contributed by atoms with Gasteiger partial charge in [0.1, 0.15) is 5.82 Å². The molecule has 0 aliphatic heterocycles. The van der Waals surface area contributed by atoms with Gasteiger partial charge in [-0.05, 0) is 18.6 Å². The predicted octanol–water partition coefficient (Wildman–Crippen LogP) is 2.32. The number of rotatable bonds is 5. The third-order valence-electron chi connectivity index (χ3n) is 3.31. The lowest BCUT2D eigenvalue weighted by Gasteiger charge is -2.07. The highest BCUT2D eigenvalue weighted by Crippen LogP contribution is 2.15. The molecule has 3 aromatic rings. The average molecular weight is 280 g/mol. The molecule has 3 rings (SSSR count). The molecule has 2 aromatic heterocycles. The monoisotopic (exact) mass is 280 g/mol. The summed E-state index contributed by atoms with van der Waals surface area (Å²) >= 11 is 0. The van der Waals surface area contributed by atoms with E-state index in [2.05, 4.69) is 20.3 Å². The SMILES string of the molecule is O=C(NCCCc1ncc[nH]1)c1cccc2cccnc12. The van der Waals surface area contributed by atoms with E-state index >= 15 is 0 Å². The molecular weight excluding hydrogens is 264 g/mol. The van der Waals surface area contributed by atoms with Gasteiger partial charge in [-0.2, -0.15) is 0 Å². The summed E-state index contributed by atoms with van der Waals surface area (Å²) < 4.78 is 0. The van der Waals surface area contributed by atoms with Gasteiger partial charge < -0.3 is 10.3 Å². The molecule has 5 heteroatoms. The van der Waals surface area contributed by atoms with Gasteiger partial charge in [-0.1, -0.05) is 18.2 Å². The number of nitrogens with zero attached hydrogens (tertiary/aromatic N) is 2. The van der Waals surface area contributed by atoms with E-state index in [9.17, 15) is 4.79 Å². The maximum Gasteiger partial charge on any atom is 0.253 e. The standard InChI is InChI=1S/C16H16N4O/c21-16(20-9-3-7-14-17-10-11-18-14)13-6-1-4-12-5-2-8-19-15(12)13/h1-2,4-6,8,10-11H,3,7,9H2,(H,17,18)(H,20,21). The number of aromatic amines is 1. The molecule has 0 spiro atoms. The Morgan fingerprint density at radius 1 is 1.14 bits per heavy atom. The van der Waals surface area contributed by atoms with Crippen LogP contribution in [0.4, 0.5) is 0 Å². The Morgan fingerprint density at radius 2 is 2.05 bits per heavy atom. The van der Waals surface area contributed by atoms with Crippen molar-refractivity contribution in [3.05, 3.63) is 60.3 Å². The number of hydrogen-bond acceptors (Lipinski definition) is 3. The van der Waals surface area contributed by atoms with Crippen molar-refractivity contribution in [2.45, 2.75) is 12.8 Å². The van der Waals surface area contributed by atoms with Crippen molar-refractivity contribution < 1.29 is 4.79 Å². The molecule has 21 heavy (non-hydrogen) atoms. The van der Waals surface area contributed by atoms with Gasteiger partial charge in [0, 0.05) is 36.9 Å². The van der Waals surface area contributed by atoms with E-state index in [1.165, 1.54) is 0 Å². The molecule has 0 radical (unpaired) electrons. The number of fused-ring (bicyclic) bond motifs is 1. The molecule has 0 saturated heterocycles. The normalized spacial score (nSPS) is 10.7. The van der Waals surface area contributed by atoms with Crippen LogP contribution in [0.15, 0.2) is 48.9 Å². The molecule has 2 N–H and O–H groups in total. The summed E-state index contributed by atoms with van der Waals surface area (Å²) in [5.74, 6) is 0.856. The van der Waals surface area contributed by atoms with E-state index < -0.39 is 0 Å². The van der Waals surface area contributed by atoms with Crippen LogP contribution in [0.3, 0.4) is 0 Å². The summed E-state index contributed by atoms with van der Waals surface area (Å²) in [5, 5.41) is 3.91. The first-order valence-corrected chi connectivity index (χ1v) is 6.95. The second kappa shape index (κ2) is 6.17. The lowest BCUT2D eigenvalue weighted by molar-refractivity contribution is 0.0954. The number of nitrogens with one attached hydrogen (secondary N) is 2. The van der Waals surface area contributed by atoms with Crippen LogP contribution in [0, 0.1) is 0 Å². The molecule has 0 atom stereocenters. The average Bonchev–Trinajstić information content (AvgIpc) is 3.04. The number of para-hydroxylation sites is 1. The number of amides is 1. The highest BCUT2D eigenvalue weighted by atomic mass is 16.1. The molecule has 106 valence electrons. The zero-order valence-corrected chi connectivity index (χ0v) is 11.5. The number of aromatic nitrogens is 3. The summed E-state index contributed by atoms with van der Waals surface area (Å²) in [7, 11) is 0. The van der Waals surface area contributed by atoms with E-state index in [4.69, 9.17) is 0 Å². The Bertz CT molecular complexity index is 732. The first-order chi connectivity index (χ1) is 10.3. The second-order valence-electron chi connectivity index (χ2n) is 4.78. The zero-order valence-electron chi connectivity index (χ0n) is 11.5. The highest BCUT2D eigenvalue weighted by molar-refractivity contribution is 6.05. The van der Waals surface area contributed by atoms with Crippen LogP contribution < -0.4 is 5.32 Å². The number of H-pyrrole nitrogens is 1. The van der Waals surface area contributed by atoms with E-state index in [0.29, 0.717) is 12.1 Å². The minimum atomic E-state index is -0.0845. The smallest absolute Gasteiger partial charge is 0.253 e. The van der Waals surface area contributed by atoms with Gasteiger partial charge in [-0.3, -0.25) is 9.78 Å². The number of benzene rings is 1. The minimum Gasteiger partial charge on any atom is -0.352 e. The van der Waals surface area contributed by atoms with Crippen LogP contribution in [-0.2, 0) is 6.42 Å². The highest BCUT2D eigenvalue weighted by Gasteiger charge is 2.09. The molecule has 0 aliphatic carbocycles. The molecule has 0 unspecified atom stereocenters. The van der Waals surface area contributed by atoms with Crippen LogP contribution >= 0.6 is 0 Å². The largest absolute Gasteiger partial charge is 0.352 e. The summed E-state index contributed by atoms with van der Waals surface area (Å²) in [6.45, 7) is 0.614. The van der Waals surface area contributed by atoms with Crippen molar-refractivity contribution in [1.29, 1.82) is 0 Å². The Morgan fingerprint density at radius 3 is 2.90 bits per heavy atom. The summed E-state index contributed by atoms with van der Waals surface area (Å²) in [6.07, 6.45) is 6.90. The number of hydrogen-bond donors (Lipinski definition) is 2. The summed E-state index contributed by atoms with van der Waals surface area (Å²) in [5.41, 5.74) is 1.36. The number of carbonyl (C=O) groups excluding carboxylic acids is 1. The molecule has 0 saturated carbocycles. The first kappa shape index (κ1) is 13.3. The second-order valence-corrected chi connectivity index (χ2v) is 4.78. The molecule has 1 amide bonds. The number of pyridine rings is 1. The van der Waals surface area contributed by atoms with E-state index in [-0.39, 0.29) is 5.91 Å². The van der Waals surface area contributed by atoms with Gasteiger partial charge in [-0.25, -0.2) is 4.98 Å². The summed E-state index contributed by atoms with van der Waals surface area (Å²) in [6, 6.07) is 9.46. The van der Waals surface area contributed by atoms with Crippen LogP contribution in [0.25, 0.3) is 10.9 Å². The maximum atomic E-state index is 12.2. The molecule has 0 fully saturated rings. The molecular formula is C16H16N4O. The van der Waals surface area contributed by atoms with Crippen molar-refractivity contribution >= 4 is 16.8 Å². The topological polar surface area (TPSA) is 70.7 Å². The molecule has 5 nitrogen and oxygen atoms in total. The van der Waals surface area contributed by atoms with Crippen LogP contribution in [0.1, 0.15) is 22.6 Å². The predicted molar refractivity (Wildman–Crippen MR) is 81.0 cm³/mol. The van der Waals surface area contributed by atoms with Gasteiger partial charge in [0.2, 0.25) is 0 Å². The third kappa shape index (κ3) is 3.08. The Kier molecular flexibility index (Phi) is 3.91. The van der Waals surface area contributed by atoms with Crippen LogP contribution in [0.2, 0.25) is 0 Å². The minimum absolute atomic E-state index is 0.0845. The van der Waals surface area contributed by atoms with Gasteiger partial charge in [-0.15, -0.1) is 0 Å². The van der Waals surface area contributed by atoms with Crippen molar-refractivity contribution in [2.75, 3.05) is 6.54 Å². The number of imidazole rings is 1. The van der Waals surface area contributed by atoms with Crippen LogP contribution in [0.5, 0.6) is 0 Å².